The Morgan fingerprint density at radius 1 is 1.32 bits per heavy atom. The summed E-state index contributed by atoms with van der Waals surface area (Å²) in [5.41, 5.74) is 0. The molecule has 1 aliphatic heterocycles. The monoisotopic (exact) mass is 372 g/mol. The molecule has 1 aliphatic rings. The van der Waals surface area contributed by atoms with Crippen LogP contribution in [0.25, 0.3) is 0 Å². The van der Waals surface area contributed by atoms with Gasteiger partial charge in [0.25, 0.3) is 5.91 Å². The summed E-state index contributed by atoms with van der Waals surface area (Å²) in [5.74, 6) is -0.747. The Labute approximate surface area is 149 Å². The van der Waals surface area contributed by atoms with Gasteiger partial charge in [0.1, 0.15) is 10.7 Å². The minimum Gasteiger partial charge on any atom is -0.349 e. The summed E-state index contributed by atoms with van der Waals surface area (Å²) in [6, 6.07) is 5.57. The van der Waals surface area contributed by atoms with Gasteiger partial charge in [-0.15, -0.1) is 0 Å². The number of hydrogen-bond donors (Lipinski definition) is 2. The molecule has 25 heavy (non-hydrogen) atoms. The van der Waals surface area contributed by atoms with Crippen LogP contribution in [0, 0.1) is 5.82 Å². The molecule has 140 valence electrons. The average molecular weight is 372 g/mol. The van der Waals surface area contributed by atoms with Gasteiger partial charge in [0.2, 0.25) is 10.0 Å². The molecule has 0 bridgehead atoms. The fourth-order valence-electron chi connectivity index (χ4n) is 3.07. The summed E-state index contributed by atoms with van der Waals surface area (Å²) in [4.78, 5) is 12.8. The second-order valence-electron chi connectivity index (χ2n) is 6.52. The molecule has 8 heteroatoms. The summed E-state index contributed by atoms with van der Waals surface area (Å²) in [5, 5.41) is 2.96. The average Bonchev–Trinajstić information content (AvgIpc) is 2.55. The number of carbonyl (C=O) groups excluding carboxylic acids is 1. The van der Waals surface area contributed by atoms with Crippen molar-refractivity contribution in [2.75, 3.05) is 32.7 Å². The Morgan fingerprint density at radius 3 is 2.56 bits per heavy atom. The van der Waals surface area contributed by atoms with E-state index in [1.54, 1.807) is 0 Å². The van der Waals surface area contributed by atoms with Crippen LogP contribution in [0.2, 0.25) is 0 Å². The molecule has 0 saturated carbocycles. The maximum Gasteiger partial charge on any atom is 0.275 e. The maximum absolute atomic E-state index is 13.8. The Balaban J connectivity index is 1.89. The van der Waals surface area contributed by atoms with Crippen molar-refractivity contribution in [3.8, 4) is 0 Å². The lowest BCUT2D eigenvalue weighted by Gasteiger charge is -2.31. The van der Waals surface area contributed by atoms with E-state index in [2.05, 4.69) is 12.2 Å². The first-order chi connectivity index (χ1) is 11.8. The number of quaternary nitrogens is 1. The maximum atomic E-state index is 13.8. The highest BCUT2D eigenvalue weighted by Crippen LogP contribution is 2.18. The number of carbonyl (C=O) groups is 1. The van der Waals surface area contributed by atoms with Crippen LogP contribution in [0.4, 0.5) is 4.39 Å². The van der Waals surface area contributed by atoms with Crippen molar-refractivity contribution in [3.05, 3.63) is 30.1 Å². The van der Waals surface area contributed by atoms with E-state index in [1.165, 1.54) is 22.5 Å². The van der Waals surface area contributed by atoms with Gasteiger partial charge in [-0.1, -0.05) is 25.5 Å². The van der Waals surface area contributed by atoms with Crippen LogP contribution in [0.1, 0.15) is 26.7 Å². The molecule has 1 fully saturated rings. The van der Waals surface area contributed by atoms with Gasteiger partial charge < -0.3 is 10.2 Å². The molecular weight excluding hydrogens is 345 g/mol. The molecule has 1 amide bonds. The van der Waals surface area contributed by atoms with E-state index in [1.807, 2.05) is 6.92 Å². The van der Waals surface area contributed by atoms with Gasteiger partial charge in [0, 0.05) is 6.04 Å². The quantitative estimate of drug-likeness (QED) is 0.709. The van der Waals surface area contributed by atoms with Crippen molar-refractivity contribution >= 4 is 15.9 Å². The summed E-state index contributed by atoms with van der Waals surface area (Å²) >= 11 is 0. The zero-order valence-electron chi connectivity index (χ0n) is 14.8. The number of nitrogens with one attached hydrogen (secondary N) is 2. The van der Waals surface area contributed by atoms with Crippen molar-refractivity contribution in [1.29, 1.82) is 0 Å². The SMILES string of the molecule is CCC[C@H](C)NC(=O)C[NH+]1CCN(S(=O)(=O)c2ccccc2F)CC1. The number of halogens is 1. The van der Waals surface area contributed by atoms with E-state index in [4.69, 9.17) is 0 Å². The molecule has 0 radical (unpaired) electrons. The largest absolute Gasteiger partial charge is 0.349 e. The van der Waals surface area contributed by atoms with E-state index in [0.717, 1.165) is 23.8 Å². The van der Waals surface area contributed by atoms with Crippen LogP contribution in [0.15, 0.2) is 29.2 Å². The highest BCUT2D eigenvalue weighted by molar-refractivity contribution is 7.89. The summed E-state index contributed by atoms with van der Waals surface area (Å²) in [6.45, 7) is 6.01. The van der Waals surface area contributed by atoms with E-state index in [0.29, 0.717) is 19.6 Å². The number of nitrogens with zero attached hydrogens (tertiary/aromatic N) is 1. The van der Waals surface area contributed by atoms with Crippen molar-refractivity contribution in [1.82, 2.24) is 9.62 Å². The Kier molecular flexibility index (Phi) is 6.92. The zero-order chi connectivity index (χ0) is 18.4. The lowest BCUT2D eigenvalue weighted by atomic mass is 10.2. The van der Waals surface area contributed by atoms with E-state index in [9.17, 15) is 17.6 Å². The van der Waals surface area contributed by atoms with Gasteiger partial charge in [-0.3, -0.25) is 4.79 Å². The molecule has 1 aromatic carbocycles. The van der Waals surface area contributed by atoms with Crippen LogP contribution in [0.5, 0.6) is 0 Å². The molecule has 1 atom stereocenters. The minimum atomic E-state index is -3.83. The van der Waals surface area contributed by atoms with Crippen LogP contribution in [0.3, 0.4) is 0 Å². The molecule has 6 nitrogen and oxygen atoms in total. The third kappa shape index (κ3) is 5.23. The molecule has 0 unspecified atom stereocenters. The van der Waals surface area contributed by atoms with Crippen LogP contribution >= 0.6 is 0 Å². The van der Waals surface area contributed by atoms with Crippen LogP contribution < -0.4 is 10.2 Å². The van der Waals surface area contributed by atoms with Gasteiger partial charge in [-0.05, 0) is 25.5 Å². The molecular formula is C17H27FN3O3S+. The van der Waals surface area contributed by atoms with Gasteiger partial charge in [0.05, 0.1) is 26.2 Å². The van der Waals surface area contributed by atoms with Crippen molar-refractivity contribution in [2.24, 2.45) is 0 Å². The molecule has 2 N–H and O–H groups in total. The van der Waals surface area contributed by atoms with Gasteiger partial charge in [0.15, 0.2) is 6.54 Å². The molecule has 0 spiro atoms. The Hall–Kier alpha value is -1.51. The third-order valence-electron chi connectivity index (χ3n) is 4.42. The van der Waals surface area contributed by atoms with Crippen molar-refractivity contribution in [2.45, 2.75) is 37.6 Å². The van der Waals surface area contributed by atoms with Gasteiger partial charge >= 0.3 is 0 Å². The highest BCUT2D eigenvalue weighted by atomic mass is 32.2. The standard InChI is InChI=1S/C17H26FN3O3S/c1-3-6-14(2)19-17(22)13-20-9-11-21(12-10-20)25(23,24)16-8-5-4-7-15(16)18/h4-5,7-8,14H,3,6,9-13H2,1-2H3,(H,19,22)/p+1/t14-/m0/s1. The first-order valence-corrected chi connectivity index (χ1v) is 10.2. The van der Waals surface area contributed by atoms with E-state index < -0.39 is 15.8 Å². The summed E-state index contributed by atoms with van der Waals surface area (Å²) < 4.78 is 40.2. The fourth-order valence-corrected chi connectivity index (χ4v) is 4.58. The minimum absolute atomic E-state index is 0.0126. The molecule has 1 aromatic rings. The molecule has 2 rings (SSSR count). The number of rotatable bonds is 7. The fraction of sp³-hybridized carbons (Fsp3) is 0.588. The Morgan fingerprint density at radius 2 is 1.96 bits per heavy atom. The smallest absolute Gasteiger partial charge is 0.275 e. The number of piperazine rings is 1. The number of hydrogen-bond acceptors (Lipinski definition) is 3. The molecule has 0 aromatic heterocycles. The van der Waals surface area contributed by atoms with Crippen LogP contribution in [-0.4, -0.2) is 57.4 Å². The second kappa shape index (κ2) is 8.73. The zero-order valence-corrected chi connectivity index (χ0v) is 15.6. The number of amides is 1. The molecule has 0 aliphatic carbocycles. The Bertz CT molecular complexity index is 688. The third-order valence-corrected chi connectivity index (χ3v) is 6.36. The first-order valence-electron chi connectivity index (χ1n) is 8.72. The van der Waals surface area contributed by atoms with E-state index >= 15 is 0 Å². The lowest BCUT2D eigenvalue weighted by Crippen LogP contribution is -3.15. The highest BCUT2D eigenvalue weighted by Gasteiger charge is 2.32. The van der Waals surface area contributed by atoms with E-state index in [-0.39, 0.29) is 29.9 Å². The predicted octanol–water partition coefficient (Wildman–Crippen LogP) is 0.0197. The van der Waals surface area contributed by atoms with Gasteiger partial charge in [-0.2, -0.15) is 4.31 Å². The lowest BCUT2D eigenvalue weighted by molar-refractivity contribution is -0.895. The second-order valence-corrected chi connectivity index (χ2v) is 8.42. The molecule has 1 heterocycles. The van der Waals surface area contributed by atoms with Crippen molar-refractivity contribution < 1.29 is 22.5 Å². The van der Waals surface area contributed by atoms with Crippen molar-refractivity contribution in [3.63, 3.8) is 0 Å². The number of sulfonamides is 1. The topological polar surface area (TPSA) is 70.9 Å². The normalized spacial score (nSPS) is 18.0. The summed E-state index contributed by atoms with van der Waals surface area (Å²) in [7, 11) is -3.83. The van der Waals surface area contributed by atoms with Gasteiger partial charge in [-0.25, -0.2) is 12.8 Å². The predicted molar refractivity (Wildman–Crippen MR) is 93.2 cm³/mol. The molecule has 1 saturated heterocycles. The summed E-state index contributed by atoms with van der Waals surface area (Å²) in [6.07, 6.45) is 1.95. The first kappa shape index (κ1) is 19.8. The number of benzene rings is 1. The van der Waals surface area contributed by atoms with Crippen LogP contribution in [-0.2, 0) is 14.8 Å².